The molecule has 0 bridgehead atoms. The summed E-state index contributed by atoms with van der Waals surface area (Å²) in [6.07, 6.45) is 0. The van der Waals surface area contributed by atoms with E-state index < -0.39 is 15.8 Å². The van der Waals surface area contributed by atoms with E-state index in [1.54, 1.807) is 0 Å². The van der Waals surface area contributed by atoms with Crippen LogP contribution in [0.15, 0.2) is 47.4 Å². The van der Waals surface area contributed by atoms with Crippen LogP contribution in [0, 0.1) is 18.7 Å². The van der Waals surface area contributed by atoms with Gasteiger partial charge in [-0.15, -0.1) is 0 Å². The van der Waals surface area contributed by atoms with Crippen LogP contribution < -0.4 is 10.5 Å². The highest BCUT2D eigenvalue weighted by atomic mass is 32.2. The Kier molecular flexibility index (Phi) is 5.32. The third kappa shape index (κ3) is 3.22. The SMILES string of the molecule is COc1ccc(S(=O)(=O)N2C[C@@H](CN)[C@H](c3ccccc3)C2)c(C)c1F. The van der Waals surface area contributed by atoms with Gasteiger partial charge in [0.25, 0.3) is 0 Å². The van der Waals surface area contributed by atoms with Gasteiger partial charge < -0.3 is 10.5 Å². The predicted octanol–water partition coefficient (Wildman–Crippen LogP) is 2.51. The second-order valence-corrected chi connectivity index (χ2v) is 8.45. The molecular weight excluding hydrogens is 355 g/mol. The van der Waals surface area contributed by atoms with Crippen LogP contribution in [-0.2, 0) is 10.0 Å². The first kappa shape index (κ1) is 18.8. The number of rotatable bonds is 5. The monoisotopic (exact) mass is 378 g/mol. The van der Waals surface area contributed by atoms with E-state index in [1.165, 1.54) is 30.5 Å². The van der Waals surface area contributed by atoms with E-state index in [0.29, 0.717) is 19.6 Å². The first-order valence-corrected chi connectivity index (χ1v) is 9.92. The molecule has 0 aromatic heterocycles. The van der Waals surface area contributed by atoms with Crippen molar-refractivity contribution in [2.24, 2.45) is 11.7 Å². The molecule has 1 aliphatic heterocycles. The van der Waals surface area contributed by atoms with Crippen molar-refractivity contribution >= 4 is 10.0 Å². The fraction of sp³-hybridized carbons (Fsp3) is 0.368. The Balaban J connectivity index is 1.95. The molecule has 0 unspecified atom stereocenters. The Morgan fingerprint density at radius 2 is 1.88 bits per heavy atom. The van der Waals surface area contributed by atoms with Crippen LogP contribution in [0.4, 0.5) is 4.39 Å². The smallest absolute Gasteiger partial charge is 0.243 e. The summed E-state index contributed by atoms with van der Waals surface area (Å²) in [7, 11) is -2.47. The third-order valence-electron chi connectivity index (χ3n) is 5.08. The summed E-state index contributed by atoms with van der Waals surface area (Å²) in [5.74, 6) is -0.567. The van der Waals surface area contributed by atoms with Crippen LogP contribution in [0.1, 0.15) is 17.0 Å². The molecule has 0 radical (unpaired) electrons. The summed E-state index contributed by atoms with van der Waals surface area (Å²) in [6.45, 7) is 2.50. The number of sulfonamides is 1. The number of methoxy groups -OCH3 is 1. The highest BCUT2D eigenvalue weighted by Gasteiger charge is 2.40. The molecule has 0 spiro atoms. The third-order valence-corrected chi connectivity index (χ3v) is 7.05. The fourth-order valence-electron chi connectivity index (χ4n) is 3.56. The molecule has 1 aliphatic rings. The maximum absolute atomic E-state index is 14.3. The van der Waals surface area contributed by atoms with Crippen LogP contribution in [0.2, 0.25) is 0 Å². The quantitative estimate of drug-likeness (QED) is 0.868. The van der Waals surface area contributed by atoms with Crippen LogP contribution >= 0.6 is 0 Å². The van der Waals surface area contributed by atoms with Crippen LogP contribution in [-0.4, -0.2) is 39.5 Å². The van der Waals surface area contributed by atoms with Gasteiger partial charge in [0.2, 0.25) is 10.0 Å². The molecule has 7 heteroatoms. The average molecular weight is 378 g/mol. The summed E-state index contributed by atoms with van der Waals surface area (Å²) < 4.78 is 46.9. The zero-order valence-electron chi connectivity index (χ0n) is 14.9. The van der Waals surface area contributed by atoms with Gasteiger partial charge in [0.1, 0.15) is 0 Å². The zero-order valence-corrected chi connectivity index (χ0v) is 15.7. The predicted molar refractivity (Wildman–Crippen MR) is 98.2 cm³/mol. The number of halogens is 1. The van der Waals surface area contributed by atoms with Gasteiger partial charge in [0.15, 0.2) is 11.6 Å². The van der Waals surface area contributed by atoms with Crippen molar-refractivity contribution in [1.29, 1.82) is 0 Å². The minimum Gasteiger partial charge on any atom is -0.494 e. The number of nitrogens with two attached hydrogens (primary N) is 1. The van der Waals surface area contributed by atoms with Gasteiger partial charge in [-0.05, 0) is 37.1 Å². The summed E-state index contributed by atoms with van der Waals surface area (Å²) >= 11 is 0. The Bertz CT molecular complexity index is 887. The first-order valence-electron chi connectivity index (χ1n) is 8.48. The standard InChI is InChI=1S/C19H23FN2O3S/c1-13-18(9-8-17(25-2)19(13)20)26(23,24)22-11-15(10-21)16(12-22)14-6-4-3-5-7-14/h3-9,15-16H,10-12,21H2,1-2H3/t15-,16+/m1/s1. The lowest BCUT2D eigenvalue weighted by Gasteiger charge is -2.19. The summed E-state index contributed by atoms with van der Waals surface area (Å²) in [4.78, 5) is -0.0275. The lowest BCUT2D eigenvalue weighted by molar-refractivity contribution is 0.383. The molecule has 3 rings (SSSR count). The van der Waals surface area contributed by atoms with Crippen molar-refractivity contribution in [3.63, 3.8) is 0 Å². The van der Waals surface area contributed by atoms with E-state index in [1.807, 2.05) is 30.3 Å². The average Bonchev–Trinajstić information content (AvgIpc) is 3.09. The van der Waals surface area contributed by atoms with Crippen molar-refractivity contribution < 1.29 is 17.5 Å². The number of ether oxygens (including phenoxy) is 1. The Morgan fingerprint density at radius 3 is 2.50 bits per heavy atom. The van der Waals surface area contributed by atoms with Crippen LogP contribution in [0.3, 0.4) is 0 Å². The van der Waals surface area contributed by atoms with E-state index in [-0.39, 0.29) is 28.0 Å². The van der Waals surface area contributed by atoms with Gasteiger partial charge >= 0.3 is 0 Å². The number of hydrogen-bond donors (Lipinski definition) is 1. The van der Waals surface area contributed by atoms with E-state index >= 15 is 0 Å². The van der Waals surface area contributed by atoms with Crippen molar-refractivity contribution in [2.45, 2.75) is 17.7 Å². The topological polar surface area (TPSA) is 72.6 Å². The van der Waals surface area contributed by atoms with E-state index in [2.05, 4.69) is 0 Å². The lowest BCUT2D eigenvalue weighted by atomic mass is 9.89. The number of hydrogen-bond acceptors (Lipinski definition) is 4. The maximum Gasteiger partial charge on any atom is 0.243 e. The second kappa shape index (κ2) is 7.34. The molecule has 140 valence electrons. The van der Waals surface area contributed by atoms with E-state index in [4.69, 9.17) is 10.5 Å². The van der Waals surface area contributed by atoms with Gasteiger partial charge in [0, 0.05) is 24.6 Å². The summed E-state index contributed by atoms with van der Waals surface area (Å²) in [6, 6.07) is 12.5. The molecule has 5 nitrogen and oxygen atoms in total. The molecule has 1 fully saturated rings. The van der Waals surface area contributed by atoms with Gasteiger partial charge in [-0.3, -0.25) is 0 Å². The molecule has 2 aromatic rings. The fourth-order valence-corrected chi connectivity index (χ4v) is 5.30. The molecular formula is C19H23FN2O3S. The van der Waals surface area contributed by atoms with Gasteiger partial charge in [-0.2, -0.15) is 4.31 Å². The Morgan fingerprint density at radius 1 is 1.19 bits per heavy atom. The highest BCUT2D eigenvalue weighted by Crippen LogP contribution is 2.36. The highest BCUT2D eigenvalue weighted by molar-refractivity contribution is 7.89. The maximum atomic E-state index is 14.3. The minimum atomic E-state index is -3.82. The molecule has 0 saturated carbocycles. The number of nitrogens with zero attached hydrogens (tertiary/aromatic N) is 1. The number of benzene rings is 2. The molecule has 2 N–H and O–H groups in total. The lowest BCUT2D eigenvalue weighted by Crippen LogP contribution is -2.30. The normalized spacial score (nSPS) is 21.1. The van der Waals surface area contributed by atoms with E-state index in [9.17, 15) is 12.8 Å². The van der Waals surface area contributed by atoms with Gasteiger partial charge in [0.05, 0.1) is 12.0 Å². The second-order valence-electron chi connectivity index (χ2n) is 6.54. The van der Waals surface area contributed by atoms with Gasteiger partial charge in [-0.25, -0.2) is 12.8 Å². The van der Waals surface area contributed by atoms with Crippen molar-refractivity contribution in [2.75, 3.05) is 26.7 Å². The Labute approximate surface area is 153 Å². The molecule has 2 aromatic carbocycles. The van der Waals surface area contributed by atoms with Crippen molar-refractivity contribution in [1.82, 2.24) is 4.31 Å². The van der Waals surface area contributed by atoms with Crippen molar-refractivity contribution in [3.8, 4) is 5.75 Å². The van der Waals surface area contributed by atoms with Crippen molar-refractivity contribution in [3.05, 3.63) is 59.4 Å². The van der Waals surface area contributed by atoms with E-state index in [0.717, 1.165) is 5.56 Å². The molecule has 26 heavy (non-hydrogen) atoms. The minimum absolute atomic E-state index is 0.0237. The Hall–Kier alpha value is -1.96. The largest absolute Gasteiger partial charge is 0.494 e. The van der Waals surface area contributed by atoms with Crippen LogP contribution in [0.5, 0.6) is 5.75 Å². The molecule has 1 heterocycles. The zero-order chi connectivity index (χ0) is 18.9. The molecule has 2 atom stereocenters. The molecule has 1 saturated heterocycles. The van der Waals surface area contributed by atoms with Gasteiger partial charge in [-0.1, -0.05) is 30.3 Å². The van der Waals surface area contributed by atoms with Crippen LogP contribution in [0.25, 0.3) is 0 Å². The summed E-state index contributed by atoms with van der Waals surface area (Å²) in [5.41, 5.74) is 7.03. The summed E-state index contributed by atoms with van der Waals surface area (Å²) in [5, 5.41) is 0. The first-order chi connectivity index (χ1) is 12.4. The molecule has 0 amide bonds. The molecule has 0 aliphatic carbocycles.